The Morgan fingerprint density at radius 2 is 1.38 bits per heavy atom. The van der Waals surface area contributed by atoms with E-state index in [1.807, 2.05) is 26.0 Å². The van der Waals surface area contributed by atoms with Crippen molar-refractivity contribution in [3.63, 3.8) is 0 Å². The Balaban J connectivity index is 2.41. The molecule has 2 aromatic rings. The van der Waals surface area contributed by atoms with Gasteiger partial charge < -0.3 is 4.52 Å². The summed E-state index contributed by atoms with van der Waals surface area (Å²) in [5.74, 6) is -0.265. The predicted octanol–water partition coefficient (Wildman–Crippen LogP) is 3.50. The lowest BCUT2D eigenvalue weighted by Crippen LogP contribution is -2.21. The van der Waals surface area contributed by atoms with Crippen LogP contribution in [0.5, 0.6) is 0 Å². The first kappa shape index (κ1) is 15.5. The molecule has 0 aliphatic rings. The van der Waals surface area contributed by atoms with Crippen LogP contribution < -0.4 is 10.6 Å². The highest BCUT2D eigenvalue weighted by Crippen LogP contribution is 2.45. The third kappa shape index (κ3) is 3.83. The van der Waals surface area contributed by atoms with Crippen molar-refractivity contribution in [2.24, 2.45) is 5.92 Å². The molecule has 0 N–H and O–H groups in total. The summed E-state index contributed by atoms with van der Waals surface area (Å²) in [6, 6.07) is 17.8. The topological polar surface area (TPSA) is 43.4 Å². The van der Waals surface area contributed by atoms with Crippen LogP contribution >= 0.6 is 7.37 Å². The molecule has 0 amide bonds. The fraction of sp³-hybridized carbons (Fsp3) is 0.235. The molecule has 0 aliphatic heterocycles. The molecule has 0 heterocycles. The quantitative estimate of drug-likeness (QED) is 0.794. The van der Waals surface area contributed by atoms with E-state index in [1.54, 1.807) is 48.5 Å². The monoisotopic (exact) mass is 302 g/mol. The van der Waals surface area contributed by atoms with Crippen molar-refractivity contribution in [2.75, 3.05) is 0 Å². The highest BCUT2D eigenvalue weighted by atomic mass is 31.2. The minimum atomic E-state index is -3.39. The van der Waals surface area contributed by atoms with E-state index in [9.17, 15) is 9.36 Å². The van der Waals surface area contributed by atoms with Gasteiger partial charge in [0.15, 0.2) is 0 Å². The van der Waals surface area contributed by atoms with E-state index >= 15 is 0 Å². The summed E-state index contributed by atoms with van der Waals surface area (Å²) in [4.78, 5) is 12.0. The molecule has 0 atom stereocenters. The number of carbonyl (C=O) groups excluding carboxylic acids is 1. The highest BCUT2D eigenvalue weighted by Gasteiger charge is 2.32. The van der Waals surface area contributed by atoms with E-state index in [1.165, 1.54) is 0 Å². The van der Waals surface area contributed by atoms with Gasteiger partial charge in [-0.05, 0) is 30.2 Å². The maximum atomic E-state index is 13.4. The van der Waals surface area contributed by atoms with Crippen LogP contribution in [0.2, 0.25) is 0 Å². The Kier molecular flexibility index (Phi) is 4.98. The minimum absolute atomic E-state index is 0.164. The van der Waals surface area contributed by atoms with Crippen LogP contribution in [-0.4, -0.2) is 5.97 Å². The van der Waals surface area contributed by atoms with Gasteiger partial charge in [0, 0.05) is 6.42 Å². The van der Waals surface area contributed by atoms with E-state index in [4.69, 9.17) is 4.52 Å². The molecule has 0 aromatic heterocycles. The molecule has 2 rings (SSSR count). The normalized spacial score (nSPS) is 11.4. The lowest BCUT2D eigenvalue weighted by Gasteiger charge is -2.19. The molecule has 0 radical (unpaired) electrons. The number of rotatable bonds is 5. The maximum absolute atomic E-state index is 13.4. The minimum Gasteiger partial charge on any atom is -0.405 e. The number of hydrogen-bond donors (Lipinski definition) is 0. The molecule has 0 bridgehead atoms. The molecule has 0 aliphatic carbocycles. The van der Waals surface area contributed by atoms with Gasteiger partial charge in [-0.15, -0.1) is 0 Å². The Hall–Kier alpha value is -1.86. The molecule has 3 nitrogen and oxygen atoms in total. The smallest absolute Gasteiger partial charge is 0.311 e. The standard InChI is InChI=1S/C17H19O3P/c1-14(2)13-17(18)20-21(19,15-9-5-3-6-10-15)16-11-7-4-8-12-16/h3-12,14H,13H2,1-2H3. The Labute approximate surface area is 125 Å². The maximum Gasteiger partial charge on any atom is 0.311 e. The lowest BCUT2D eigenvalue weighted by atomic mass is 10.1. The van der Waals surface area contributed by atoms with Crippen LogP contribution in [0.4, 0.5) is 0 Å². The van der Waals surface area contributed by atoms with E-state index < -0.39 is 13.3 Å². The molecule has 0 unspecified atom stereocenters. The second-order valence-corrected chi connectivity index (χ2v) is 7.60. The summed E-state index contributed by atoms with van der Waals surface area (Å²) in [5, 5.41) is 1.07. The largest absolute Gasteiger partial charge is 0.405 e. The highest BCUT2D eigenvalue weighted by molar-refractivity contribution is 7.74. The molecule has 0 spiro atoms. The zero-order valence-corrected chi connectivity index (χ0v) is 13.1. The van der Waals surface area contributed by atoms with Gasteiger partial charge in [0.1, 0.15) is 0 Å². The number of benzene rings is 2. The van der Waals surface area contributed by atoms with E-state index in [-0.39, 0.29) is 12.3 Å². The van der Waals surface area contributed by atoms with Crippen LogP contribution in [0.25, 0.3) is 0 Å². The van der Waals surface area contributed by atoms with Crippen LogP contribution in [0.3, 0.4) is 0 Å². The van der Waals surface area contributed by atoms with Crippen molar-refractivity contribution in [3.05, 3.63) is 60.7 Å². The molecule has 21 heavy (non-hydrogen) atoms. The van der Waals surface area contributed by atoms with E-state index in [0.717, 1.165) is 0 Å². The summed E-state index contributed by atoms with van der Waals surface area (Å²) in [7, 11) is -3.39. The molecular weight excluding hydrogens is 283 g/mol. The zero-order valence-electron chi connectivity index (χ0n) is 12.2. The van der Waals surface area contributed by atoms with Gasteiger partial charge in [-0.2, -0.15) is 0 Å². The van der Waals surface area contributed by atoms with Gasteiger partial charge in [0.2, 0.25) is 0 Å². The number of carbonyl (C=O) groups is 1. The van der Waals surface area contributed by atoms with Crippen LogP contribution in [0, 0.1) is 5.92 Å². The van der Waals surface area contributed by atoms with Gasteiger partial charge in [0.05, 0.1) is 10.6 Å². The van der Waals surface area contributed by atoms with Crippen molar-refractivity contribution in [2.45, 2.75) is 20.3 Å². The predicted molar refractivity (Wildman–Crippen MR) is 85.3 cm³/mol. The Morgan fingerprint density at radius 3 is 1.76 bits per heavy atom. The Bertz CT molecular complexity index is 592. The summed E-state index contributed by atoms with van der Waals surface area (Å²) in [5.41, 5.74) is 0. The van der Waals surface area contributed by atoms with Crippen LogP contribution in [-0.2, 0) is 13.9 Å². The lowest BCUT2D eigenvalue weighted by molar-refractivity contribution is -0.134. The van der Waals surface area contributed by atoms with Gasteiger partial charge >= 0.3 is 13.3 Å². The first-order chi connectivity index (χ1) is 10.0. The second-order valence-electron chi connectivity index (χ2n) is 5.28. The third-order valence-electron chi connectivity index (χ3n) is 3.00. The average Bonchev–Trinajstić information content (AvgIpc) is 2.48. The molecule has 4 heteroatoms. The molecule has 0 saturated carbocycles. The zero-order chi connectivity index (χ0) is 15.3. The second kappa shape index (κ2) is 6.73. The summed E-state index contributed by atoms with van der Waals surface area (Å²) < 4.78 is 18.8. The molecule has 110 valence electrons. The van der Waals surface area contributed by atoms with Gasteiger partial charge in [-0.1, -0.05) is 50.2 Å². The summed E-state index contributed by atoms with van der Waals surface area (Å²) in [6.45, 7) is 3.86. The van der Waals surface area contributed by atoms with Crippen molar-refractivity contribution in [3.8, 4) is 0 Å². The summed E-state index contributed by atoms with van der Waals surface area (Å²) >= 11 is 0. The first-order valence-electron chi connectivity index (χ1n) is 6.96. The van der Waals surface area contributed by atoms with E-state index in [2.05, 4.69) is 0 Å². The number of hydrogen-bond acceptors (Lipinski definition) is 3. The molecule has 0 saturated heterocycles. The van der Waals surface area contributed by atoms with Crippen LogP contribution in [0.15, 0.2) is 60.7 Å². The van der Waals surface area contributed by atoms with Gasteiger partial charge in [0.25, 0.3) is 0 Å². The summed E-state index contributed by atoms with van der Waals surface area (Å²) in [6.07, 6.45) is 0.254. The third-order valence-corrected chi connectivity index (χ3v) is 5.41. The fourth-order valence-electron chi connectivity index (χ4n) is 2.02. The average molecular weight is 302 g/mol. The molecule has 0 fully saturated rings. The van der Waals surface area contributed by atoms with Gasteiger partial charge in [-0.25, -0.2) is 0 Å². The van der Waals surface area contributed by atoms with Crippen molar-refractivity contribution < 1.29 is 13.9 Å². The van der Waals surface area contributed by atoms with Gasteiger partial charge in [-0.3, -0.25) is 9.36 Å². The first-order valence-corrected chi connectivity index (χ1v) is 8.58. The van der Waals surface area contributed by atoms with Crippen molar-refractivity contribution in [1.82, 2.24) is 0 Å². The Morgan fingerprint density at radius 1 is 0.952 bits per heavy atom. The SMILES string of the molecule is CC(C)CC(=O)OP(=O)(c1ccccc1)c1ccccc1. The van der Waals surface area contributed by atoms with Crippen LogP contribution in [0.1, 0.15) is 20.3 Å². The fourth-order valence-corrected chi connectivity index (χ4v) is 4.02. The van der Waals surface area contributed by atoms with Crippen molar-refractivity contribution >= 4 is 23.9 Å². The van der Waals surface area contributed by atoms with Crippen molar-refractivity contribution in [1.29, 1.82) is 0 Å². The molecule has 2 aromatic carbocycles. The molecular formula is C17H19O3P. The van der Waals surface area contributed by atoms with E-state index in [0.29, 0.717) is 10.6 Å².